The highest BCUT2D eigenvalue weighted by molar-refractivity contribution is 8.14. The van der Waals surface area contributed by atoms with E-state index in [-0.39, 0.29) is 4.90 Å². The van der Waals surface area contributed by atoms with Crippen molar-refractivity contribution in [2.75, 3.05) is 25.5 Å². The van der Waals surface area contributed by atoms with Gasteiger partial charge in [-0.05, 0) is 12.1 Å². The Morgan fingerprint density at radius 1 is 1.19 bits per heavy atom. The van der Waals surface area contributed by atoms with Gasteiger partial charge in [0.2, 0.25) is 0 Å². The molecular formula is C15H19ClN2O2S. The number of nitrogens with two attached hydrogens (primary N) is 1. The van der Waals surface area contributed by atoms with E-state index in [1.807, 2.05) is 37.2 Å². The zero-order valence-electron chi connectivity index (χ0n) is 12.1. The van der Waals surface area contributed by atoms with E-state index in [1.165, 1.54) is 6.07 Å². The Bertz CT molecular complexity index is 728. The molecule has 0 aromatic heterocycles. The van der Waals surface area contributed by atoms with Gasteiger partial charge in [0.05, 0.1) is 4.90 Å². The summed E-state index contributed by atoms with van der Waals surface area (Å²) >= 11 is 0. The van der Waals surface area contributed by atoms with Gasteiger partial charge in [-0.1, -0.05) is 30.3 Å². The predicted molar refractivity (Wildman–Crippen MR) is 90.6 cm³/mol. The first-order chi connectivity index (χ1) is 9.82. The zero-order chi connectivity index (χ0) is 16.0. The predicted octanol–water partition coefficient (Wildman–Crippen LogP) is 2.96. The van der Waals surface area contributed by atoms with Crippen LogP contribution < -0.4 is 10.6 Å². The molecule has 2 aromatic rings. The van der Waals surface area contributed by atoms with E-state index in [1.54, 1.807) is 18.2 Å². The van der Waals surface area contributed by atoms with Gasteiger partial charge in [-0.25, -0.2) is 8.42 Å². The maximum Gasteiger partial charge on any atom is 0.261 e. The molecule has 2 aromatic carbocycles. The Kier molecular flexibility index (Phi) is 6.20. The third kappa shape index (κ3) is 4.46. The van der Waals surface area contributed by atoms with Crippen molar-refractivity contribution in [3.63, 3.8) is 0 Å². The van der Waals surface area contributed by atoms with Crippen LogP contribution in [0.25, 0.3) is 10.8 Å². The summed E-state index contributed by atoms with van der Waals surface area (Å²) in [6.45, 7) is 3.94. The van der Waals surface area contributed by atoms with Gasteiger partial charge in [0.1, 0.15) is 0 Å². The van der Waals surface area contributed by atoms with Gasteiger partial charge in [0.15, 0.2) is 0 Å². The Morgan fingerprint density at radius 3 is 2.19 bits per heavy atom. The summed E-state index contributed by atoms with van der Waals surface area (Å²) < 4.78 is 23.0. The summed E-state index contributed by atoms with van der Waals surface area (Å²) in [5.74, 6) is 0. The van der Waals surface area contributed by atoms with E-state index < -0.39 is 9.05 Å². The number of nitrogens with zero attached hydrogens (tertiary/aromatic N) is 1. The molecule has 0 heterocycles. The van der Waals surface area contributed by atoms with Gasteiger partial charge in [-0.15, -0.1) is 6.58 Å². The van der Waals surface area contributed by atoms with E-state index in [0.717, 1.165) is 11.1 Å². The number of halogens is 1. The molecule has 4 nitrogen and oxygen atoms in total. The first kappa shape index (κ1) is 17.5. The standard InChI is InChI=1S/C12H12ClNO2S.C3H7N/c1-14(2)11-7-3-6-10-9(11)5-4-8-12(10)17(13,15)16;1-2-3-4/h3-8H,1-2H3;2H,1,3-4H2. The van der Waals surface area contributed by atoms with Crippen molar-refractivity contribution in [2.24, 2.45) is 5.73 Å². The summed E-state index contributed by atoms with van der Waals surface area (Å²) in [4.78, 5) is 2.09. The molecular weight excluding hydrogens is 308 g/mol. The lowest BCUT2D eigenvalue weighted by molar-refractivity contribution is 0.610. The summed E-state index contributed by atoms with van der Waals surface area (Å²) in [6, 6.07) is 10.6. The van der Waals surface area contributed by atoms with Crippen molar-refractivity contribution in [2.45, 2.75) is 4.90 Å². The summed E-state index contributed by atoms with van der Waals surface area (Å²) in [5.41, 5.74) is 5.87. The highest BCUT2D eigenvalue weighted by atomic mass is 35.7. The lowest BCUT2D eigenvalue weighted by Gasteiger charge is -2.16. The fourth-order valence-electron chi connectivity index (χ4n) is 1.87. The Morgan fingerprint density at radius 2 is 1.71 bits per heavy atom. The normalized spacial score (nSPS) is 10.7. The molecule has 6 heteroatoms. The smallest absolute Gasteiger partial charge is 0.261 e. The largest absolute Gasteiger partial charge is 0.377 e. The SMILES string of the molecule is C=CCN.CN(C)c1cccc2c(S(=O)(=O)Cl)cccc12. The number of hydrogen-bond donors (Lipinski definition) is 1. The maximum atomic E-state index is 11.5. The molecule has 0 atom stereocenters. The number of hydrogen-bond acceptors (Lipinski definition) is 4. The summed E-state index contributed by atoms with van der Waals surface area (Å²) in [7, 11) is 5.54. The van der Waals surface area contributed by atoms with Crippen LogP contribution in [0.4, 0.5) is 5.69 Å². The number of fused-ring (bicyclic) bond motifs is 1. The molecule has 21 heavy (non-hydrogen) atoms. The van der Waals surface area contributed by atoms with Crippen LogP contribution in [0.3, 0.4) is 0 Å². The maximum absolute atomic E-state index is 11.5. The zero-order valence-corrected chi connectivity index (χ0v) is 13.7. The second-order valence-corrected chi connectivity index (χ2v) is 7.02. The van der Waals surface area contributed by atoms with E-state index in [0.29, 0.717) is 11.9 Å². The molecule has 0 fully saturated rings. The molecule has 0 bridgehead atoms. The number of rotatable bonds is 3. The summed E-state index contributed by atoms with van der Waals surface area (Å²) in [5, 5.41) is 1.52. The van der Waals surface area contributed by atoms with E-state index >= 15 is 0 Å². The van der Waals surface area contributed by atoms with Crippen LogP contribution in [0, 0.1) is 0 Å². The fraction of sp³-hybridized carbons (Fsp3) is 0.200. The Hall–Kier alpha value is -1.56. The van der Waals surface area contributed by atoms with Crippen molar-refractivity contribution < 1.29 is 8.42 Å². The third-order valence-corrected chi connectivity index (χ3v) is 4.15. The van der Waals surface area contributed by atoms with Crippen LogP contribution >= 0.6 is 10.7 Å². The van der Waals surface area contributed by atoms with Crippen LogP contribution in [-0.4, -0.2) is 29.1 Å². The van der Waals surface area contributed by atoms with Gasteiger partial charge in [-0.2, -0.15) is 0 Å². The minimum Gasteiger partial charge on any atom is -0.377 e. The van der Waals surface area contributed by atoms with Gasteiger partial charge in [0.25, 0.3) is 9.05 Å². The number of anilines is 1. The van der Waals surface area contributed by atoms with Crippen LogP contribution in [0.5, 0.6) is 0 Å². The fourth-order valence-corrected chi connectivity index (χ4v) is 2.95. The second-order valence-electron chi connectivity index (χ2n) is 4.49. The van der Waals surface area contributed by atoms with Gasteiger partial charge < -0.3 is 10.6 Å². The molecule has 2 rings (SSSR count). The van der Waals surface area contributed by atoms with Crippen molar-refractivity contribution >= 4 is 36.2 Å². The van der Waals surface area contributed by atoms with Crippen molar-refractivity contribution in [3.8, 4) is 0 Å². The molecule has 0 amide bonds. The van der Waals surface area contributed by atoms with Gasteiger partial charge >= 0.3 is 0 Å². The molecule has 0 saturated heterocycles. The lowest BCUT2D eigenvalue weighted by Crippen LogP contribution is -2.09. The molecule has 0 spiro atoms. The van der Waals surface area contributed by atoms with Crippen molar-refractivity contribution in [3.05, 3.63) is 49.1 Å². The molecule has 0 aliphatic rings. The Labute approximate surface area is 130 Å². The van der Waals surface area contributed by atoms with Crippen LogP contribution in [0.15, 0.2) is 53.9 Å². The highest BCUT2D eigenvalue weighted by Crippen LogP contribution is 2.31. The number of benzene rings is 2. The first-order valence-electron chi connectivity index (χ1n) is 6.27. The third-order valence-electron chi connectivity index (χ3n) is 2.77. The van der Waals surface area contributed by atoms with Gasteiger partial charge in [-0.3, -0.25) is 0 Å². The molecule has 0 saturated carbocycles. The molecule has 0 radical (unpaired) electrons. The molecule has 0 unspecified atom stereocenters. The van der Waals surface area contributed by atoms with Crippen LogP contribution in [0.1, 0.15) is 0 Å². The molecule has 0 aliphatic heterocycles. The van der Waals surface area contributed by atoms with Crippen molar-refractivity contribution in [1.29, 1.82) is 0 Å². The monoisotopic (exact) mass is 326 g/mol. The minimum absolute atomic E-state index is 0.153. The Balaban J connectivity index is 0.000000491. The highest BCUT2D eigenvalue weighted by Gasteiger charge is 2.15. The van der Waals surface area contributed by atoms with Crippen LogP contribution in [-0.2, 0) is 9.05 Å². The van der Waals surface area contributed by atoms with E-state index in [2.05, 4.69) is 6.58 Å². The van der Waals surface area contributed by atoms with Crippen molar-refractivity contribution in [1.82, 2.24) is 0 Å². The first-order valence-corrected chi connectivity index (χ1v) is 8.58. The molecule has 0 aliphatic carbocycles. The van der Waals surface area contributed by atoms with E-state index in [4.69, 9.17) is 16.4 Å². The molecule has 2 N–H and O–H groups in total. The van der Waals surface area contributed by atoms with E-state index in [9.17, 15) is 8.42 Å². The van der Waals surface area contributed by atoms with Crippen LogP contribution in [0.2, 0.25) is 0 Å². The summed E-state index contributed by atoms with van der Waals surface area (Å²) in [6.07, 6.45) is 1.65. The average molecular weight is 327 g/mol. The average Bonchev–Trinajstić information content (AvgIpc) is 2.45. The van der Waals surface area contributed by atoms with Gasteiger partial charge in [0, 0.05) is 47.8 Å². The quantitative estimate of drug-likeness (QED) is 0.695. The lowest BCUT2D eigenvalue weighted by atomic mass is 10.1. The minimum atomic E-state index is -3.72. The second kappa shape index (κ2) is 7.45. The molecule has 114 valence electrons. The topological polar surface area (TPSA) is 63.4 Å².